The number of hydrogen-bond acceptors (Lipinski definition) is 3. The zero-order valence-electron chi connectivity index (χ0n) is 12.4. The molecule has 1 heterocycles. The predicted octanol–water partition coefficient (Wildman–Crippen LogP) is 3.60. The lowest BCUT2D eigenvalue weighted by Crippen LogP contribution is -2.51. The molecule has 0 aromatic heterocycles. The van der Waals surface area contributed by atoms with Gasteiger partial charge in [0.25, 0.3) is 0 Å². The largest absolute Gasteiger partial charge is 0.461 e. The molecule has 1 aliphatic heterocycles. The van der Waals surface area contributed by atoms with Crippen LogP contribution in [0.4, 0.5) is 4.79 Å². The van der Waals surface area contributed by atoms with Crippen molar-refractivity contribution in [1.82, 2.24) is 10.6 Å². The van der Waals surface area contributed by atoms with Gasteiger partial charge in [-0.15, -0.1) is 0 Å². The van der Waals surface area contributed by atoms with Gasteiger partial charge in [-0.2, -0.15) is 0 Å². The van der Waals surface area contributed by atoms with E-state index in [9.17, 15) is 9.59 Å². The Hall–Kier alpha value is -1.98. The van der Waals surface area contributed by atoms with Gasteiger partial charge in [0.15, 0.2) is 0 Å². The van der Waals surface area contributed by atoms with Gasteiger partial charge in [-0.05, 0) is 24.6 Å². The molecular weight excluding hydrogens is 339 g/mol. The van der Waals surface area contributed by atoms with E-state index in [0.29, 0.717) is 15.6 Å². The molecule has 2 amide bonds. The van der Waals surface area contributed by atoms with Crippen LogP contribution in [0.1, 0.15) is 18.5 Å². The highest BCUT2D eigenvalue weighted by molar-refractivity contribution is 6.35. The molecule has 7 heteroatoms. The molecule has 1 aromatic carbocycles. The van der Waals surface area contributed by atoms with Gasteiger partial charge >= 0.3 is 12.0 Å². The van der Waals surface area contributed by atoms with Crippen molar-refractivity contribution in [3.05, 3.63) is 58.2 Å². The van der Waals surface area contributed by atoms with Crippen LogP contribution in [-0.2, 0) is 9.53 Å². The second kappa shape index (κ2) is 7.53. The van der Waals surface area contributed by atoms with Crippen molar-refractivity contribution in [2.24, 2.45) is 5.92 Å². The molecule has 0 aliphatic carbocycles. The van der Waals surface area contributed by atoms with Crippen LogP contribution in [-0.4, -0.2) is 18.6 Å². The molecule has 0 spiro atoms. The fourth-order valence-corrected chi connectivity index (χ4v) is 2.82. The lowest BCUT2D eigenvalue weighted by molar-refractivity contribution is -0.147. The normalized spacial score (nSPS) is 21.0. The fraction of sp³-hybridized carbons (Fsp3) is 0.250. The van der Waals surface area contributed by atoms with Crippen molar-refractivity contribution >= 4 is 35.2 Å². The summed E-state index contributed by atoms with van der Waals surface area (Å²) in [6.45, 7) is 5.73. The molecule has 2 rings (SSSR count). The van der Waals surface area contributed by atoms with Crippen molar-refractivity contribution in [2.45, 2.75) is 13.0 Å². The Morgan fingerprint density at radius 3 is 2.83 bits per heavy atom. The number of esters is 1. The number of hydrogen-bond donors (Lipinski definition) is 2. The summed E-state index contributed by atoms with van der Waals surface area (Å²) in [4.78, 5) is 24.1. The SMILES string of the molecule is C=C1NC(=O)N[C@H](c2ccc(Cl)cc2Cl)[C@H]1C(=O)OC/C=C/C. The molecule has 122 valence electrons. The smallest absolute Gasteiger partial charge is 0.319 e. The standard InChI is InChI=1S/C16H16Cl2N2O3/c1-3-4-7-23-15(21)13-9(2)19-16(22)20-14(13)11-6-5-10(17)8-12(11)18/h3-6,8,13-14H,2,7H2,1H3,(H2,19,20,22)/b4-3+/t13-,14+/m0/s1. The van der Waals surface area contributed by atoms with E-state index in [1.165, 1.54) is 0 Å². The van der Waals surface area contributed by atoms with Crippen molar-refractivity contribution in [3.63, 3.8) is 0 Å². The number of benzene rings is 1. The molecule has 1 aliphatic rings. The van der Waals surface area contributed by atoms with Crippen LogP contribution in [0.5, 0.6) is 0 Å². The van der Waals surface area contributed by atoms with Crippen molar-refractivity contribution < 1.29 is 14.3 Å². The number of carbonyl (C=O) groups excluding carboxylic acids is 2. The molecule has 2 N–H and O–H groups in total. The number of ether oxygens (including phenoxy) is 1. The van der Waals surface area contributed by atoms with Crippen LogP contribution >= 0.6 is 23.2 Å². The van der Waals surface area contributed by atoms with Gasteiger partial charge in [-0.1, -0.05) is 48.0 Å². The van der Waals surface area contributed by atoms with E-state index in [4.69, 9.17) is 27.9 Å². The van der Waals surface area contributed by atoms with Gasteiger partial charge < -0.3 is 15.4 Å². The molecule has 1 aromatic rings. The third-order valence-electron chi connectivity index (χ3n) is 3.38. The van der Waals surface area contributed by atoms with Crippen LogP contribution in [0.3, 0.4) is 0 Å². The molecule has 0 saturated carbocycles. The first-order valence-corrected chi connectivity index (χ1v) is 7.68. The summed E-state index contributed by atoms with van der Waals surface area (Å²) in [5, 5.41) is 6.00. The molecule has 1 fully saturated rings. The van der Waals surface area contributed by atoms with Crippen LogP contribution in [0.15, 0.2) is 42.6 Å². The van der Waals surface area contributed by atoms with E-state index in [-0.39, 0.29) is 12.3 Å². The fourth-order valence-electron chi connectivity index (χ4n) is 2.29. The number of carbonyl (C=O) groups is 2. The van der Waals surface area contributed by atoms with Gasteiger partial charge in [0.05, 0.1) is 6.04 Å². The molecule has 23 heavy (non-hydrogen) atoms. The van der Waals surface area contributed by atoms with Gasteiger partial charge in [0.1, 0.15) is 12.5 Å². The number of nitrogens with one attached hydrogen (secondary N) is 2. The lowest BCUT2D eigenvalue weighted by Gasteiger charge is -2.33. The Morgan fingerprint density at radius 2 is 2.17 bits per heavy atom. The average molecular weight is 355 g/mol. The van der Waals surface area contributed by atoms with E-state index in [1.807, 2.05) is 6.92 Å². The van der Waals surface area contributed by atoms with Gasteiger partial charge in [-0.25, -0.2) is 4.79 Å². The summed E-state index contributed by atoms with van der Waals surface area (Å²) in [5.41, 5.74) is 0.829. The van der Waals surface area contributed by atoms with Crippen LogP contribution in [0.2, 0.25) is 10.0 Å². The van der Waals surface area contributed by atoms with E-state index < -0.39 is 24.0 Å². The Balaban J connectivity index is 2.33. The van der Waals surface area contributed by atoms with Gasteiger partial charge in [0, 0.05) is 15.7 Å². The topological polar surface area (TPSA) is 67.4 Å². The summed E-state index contributed by atoms with van der Waals surface area (Å²) in [6.07, 6.45) is 3.48. The summed E-state index contributed by atoms with van der Waals surface area (Å²) in [7, 11) is 0. The van der Waals surface area contributed by atoms with Gasteiger partial charge in [0.2, 0.25) is 0 Å². The number of rotatable bonds is 4. The van der Waals surface area contributed by atoms with Crippen molar-refractivity contribution in [2.75, 3.05) is 6.61 Å². The maximum atomic E-state index is 12.4. The number of allylic oxidation sites excluding steroid dienone is 1. The highest BCUT2D eigenvalue weighted by Crippen LogP contribution is 2.35. The monoisotopic (exact) mass is 354 g/mol. The lowest BCUT2D eigenvalue weighted by atomic mass is 9.89. The third-order valence-corrected chi connectivity index (χ3v) is 3.94. The molecular formula is C16H16Cl2N2O3. The zero-order valence-corrected chi connectivity index (χ0v) is 13.9. The van der Waals surface area contributed by atoms with Crippen LogP contribution < -0.4 is 10.6 Å². The van der Waals surface area contributed by atoms with E-state index in [2.05, 4.69) is 17.2 Å². The quantitative estimate of drug-likeness (QED) is 0.641. The number of urea groups is 1. The van der Waals surface area contributed by atoms with Crippen LogP contribution in [0, 0.1) is 5.92 Å². The minimum Gasteiger partial charge on any atom is -0.461 e. The molecule has 0 bridgehead atoms. The third kappa shape index (κ3) is 4.06. The summed E-state index contributed by atoms with van der Waals surface area (Å²) >= 11 is 12.1. The second-order valence-electron chi connectivity index (χ2n) is 4.94. The maximum Gasteiger partial charge on any atom is 0.319 e. The summed E-state index contributed by atoms with van der Waals surface area (Å²) in [6, 6.07) is 3.72. The van der Waals surface area contributed by atoms with E-state index in [1.54, 1.807) is 30.4 Å². The first kappa shape index (κ1) is 17.4. The first-order chi connectivity index (χ1) is 10.9. The highest BCUT2D eigenvalue weighted by atomic mass is 35.5. The minimum atomic E-state index is -0.795. The second-order valence-corrected chi connectivity index (χ2v) is 5.79. The van der Waals surface area contributed by atoms with E-state index >= 15 is 0 Å². The maximum absolute atomic E-state index is 12.4. The molecule has 5 nitrogen and oxygen atoms in total. The number of halogens is 2. The molecule has 0 unspecified atom stereocenters. The Bertz CT molecular complexity index is 673. The van der Waals surface area contributed by atoms with E-state index in [0.717, 1.165) is 0 Å². The zero-order chi connectivity index (χ0) is 17.0. The summed E-state index contributed by atoms with van der Waals surface area (Å²) < 4.78 is 5.20. The summed E-state index contributed by atoms with van der Waals surface area (Å²) in [5.74, 6) is -1.30. The molecule has 0 radical (unpaired) electrons. The number of amides is 2. The van der Waals surface area contributed by atoms with Crippen molar-refractivity contribution in [3.8, 4) is 0 Å². The average Bonchev–Trinajstić information content (AvgIpc) is 2.46. The molecule has 2 atom stereocenters. The Morgan fingerprint density at radius 1 is 1.43 bits per heavy atom. The van der Waals surface area contributed by atoms with Gasteiger partial charge in [-0.3, -0.25) is 4.79 Å². The Labute approximate surface area is 144 Å². The highest BCUT2D eigenvalue weighted by Gasteiger charge is 2.39. The Kier molecular flexibility index (Phi) is 5.69. The first-order valence-electron chi connectivity index (χ1n) is 6.93. The minimum absolute atomic E-state index is 0.147. The van der Waals surface area contributed by atoms with Crippen molar-refractivity contribution in [1.29, 1.82) is 0 Å². The molecule has 1 saturated heterocycles. The van der Waals surface area contributed by atoms with Crippen LogP contribution in [0.25, 0.3) is 0 Å². The predicted molar refractivity (Wildman–Crippen MR) is 89.3 cm³/mol.